The van der Waals surface area contributed by atoms with Gasteiger partial charge in [-0.2, -0.15) is 0 Å². The fourth-order valence-electron chi connectivity index (χ4n) is 5.75. The zero-order valence-electron chi connectivity index (χ0n) is 24.9. The van der Waals surface area contributed by atoms with Gasteiger partial charge in [-0.25, -0.2) is 18.7 Å². The fraction of sp³-hybridized carbons (Fsp3) is 0.242. The van der Waals surface area contributed by atoms with Gasteiger partial charge < -0.3 is 15.5 Å². The predicted molar refractivity (Wildman–Crippen MR) is 171 cm³/mol. The van der Waals surface area contributed by atoms with E-state index in [-0.39, 0.29) is 47.7 Å². The molecule has 1 amide bonds. The number of aliphatic imine (C=N–C) groups is 1. The quantitative estimate of drug-likeness (QED) is 0.193. The Hall–Kier alpha value is -4.74. The maximum atomic E-state index is 14.8. The number of aromatic nitrogens is 2. The zero-order chi connectivity index (χ0) is 31.8. The molecule has 3 aromatic carbocycles. The van der Waals surface area contributed by atoms with Gasteiger partial charge in [-0.05, 0) is 62.4 Å². The minimum absolute atomic E-state index is 0.107. The molecule has 1 saturated heterocycles. The van der Waals surface area contributed by atoms with Gasteiger partial charge in [0.15, 0.2) is 0 Å². The van der Waals surface area contributed by atoms with Crippen LogP contribution in [-0.4, -0.2) is 69.6 Å². The molecule has 9 nitrogen and oxygen atoms in total. The number of nitrogens with zero attached hydrogens (tertiary/aromatic N) is 5. The van der Waals surface area contributed by atoms with E-state index in [1.54, 1.807) is 55.7 Å². The van der Waals surface area contributed by atoms with Gasteiger partial charge in [-0.15, -0.1) is 0 Å². The number of fused-ring (bicyclic) bond motifs is 3. The molecule has 3 N–H and O–H groups in total. The first-order valence-corrected chi connectivity index (χ1v) is 14.9. The molecule has 2 aliphatic heterocycles. The van der Waals surface area contributed by atoms with E-state index in [0.717, 1.165) is 0 Å². The predicted octanol–water partition coefficient (Wildman–Crippen LogP) is 5.86. The minimum Gasteiger partial charge on any atom is -0.340 e. The summed E-state index contributed by atoms with van der Waals surface area (Å²) in [6, 6.07) is 16.0. The minimum atomic E-state index is -0.725. The summed E-state index contributed by atoms with van der Waals surface area (Å²) in [5, 5.41) is 15.6. The van der Waals surface area contributed by atoms with Crippen molar-refractivity contribution in [2.75, 3.05) is 25.5 Å². The van der Waals surface area contributed by atoms with Crippen molar-refractivity contribution in [2.45, 2.75) is 32.5 Å². The lowest BCUT2D eigenvalue weighted by Crippen LogP contribution is -2.58. The lowest BCUT2D eigenvalue weighted by atomic mass is 9.95. The molecule has 2 aliphatic rings. The lowest BCUT2D eigenvalue weighted by molar-refractivity contribution is 0.0848. The van der Waals surface area contributed by atoms with E-state index >= 15 is 0 Å². The summed E-state index contributed by atoms with van der Waals surface area (Å²) < 4.78 is 29.7. The second-order valence-corrected chi connectivity index (χ2v) is 11.7. The summed E-state index contributed by atoms with van der Waals surface area (Å²) in [6.45, 7) is 5.52. The van der Waals surface area contributed by atoms with Crippen molar-refractivity contribution in [1.82, 2.24) is 25.1 Å². The average molecular weight is 629 g/mol. The molecule has 0 radical (unpaired) electrons. The number of anilines is 2. The molecule has 1 aromatic heterocycles. The molecule has 45 heavy (non-hydrogen) atoms. The molecule has 0 spiro atoms. The first kappa shape index (κ1) is 30.3. The maximum absolute atomic E-state index is 14.8. The van der Waals surface area contributed by atoms with E-state index in [1.165, 1.54) is 23.1 Å². The fourth-order valence-corrected chi connectivity index (χ4v) is 5.92. The molecule has 2 unspecified atom stereocenters. The van der Waals surface area contributed by atoms with Crippen molar-refractivity contribution in [3.63, 3.8) is 0 Å². The number of hydrogen-bond acceptors (Lipinski definition) is 7. The van der Waals surface area contributed by atoms with Gasteiger partial charge in [-0.3, -0.25) is 20.1 Å². The van der Waals surface area contributed by atoms with Gasteiger partial charge in [0.05, 0.1) is 23.5 Å². The highest BCUT2D eigenvalue weighted by molar-refractivity contribution is 6.31. The van der Waals surface area contributed by atoms with Crippen molar-refractivity contribution < 1.29 is 13.6 Å². The smallest absolute Gasteiger partial charge is 0.260 e. The van der Waals surface area contributed by atoms with Crippen molar-refractivity contribution in [1.29, 1.82) is 5.41 Å². The Kier molecular flexibility index (Phi) is 8.30. The third-order valence-electron chi connectivity index (χ3n) is 7.83. The number of halogens is 3. The molecule has 2 atom stereocenters. The summed E-state index contributed by atoms with van der Waals surface area (Å²) >= 11 is 6.32. The second-order valence-electron chi connectivity index (χ2n) is 11.3. The van der Waals surface area contributed by atoms with Crippen LogP contribution in [0, 0.1) is 17.0 Å². The van der Waals surface area contributed by atoms with Crippen LogP contribution in [0.25, 0.3) is 11.3 Å². The van der Waals surface area contributed by atoms with E-state index in [2.05, 4.69) is 34.5 Å². The van der Waals surface area contributed by atoms with Crippen LogP contribution in [0.3, 0.4) is 0 Å². The third kappa shape index (κ3) is 6.13. The van der Waals surface area contributed by atoms with Crippen LogP contribution in [0.1, 0.15) is 40.9 Å². The van der Waals surface area contributed by atoms with Gasteiger partial charge >= 0.3 is 0 Å². The Labute approximate surface area is 264 Å². The Balaban J connectivity index is 1.23. The highest BCUT2D eigenvalue weighted by Gasteiger charge is 2.28. The molecule has 12 heteroatoms. The molecule has 4 aromatic rings. The summed E-state index contributed by atoms with van der Waals surface area (Å²) in [5.41, 5.74) is 3.29. The second kappa shape index (κ2) is 12.3. The summed E-state index contributed by atoms with van der Waals surface area (Å²) in [4.78, 5) is 30.2. The van der Waals surface area contributed by atoms with Gasteiger partial charge in [0.1, 0.15) is 11.6 Å². The van der Waals surface area contributed by atoms with Crippen LogP contribution in [0.5, 0.6) is 0 Å². The SMILES string of the molecule is CC1CN(C(=N)N(C)C(=O)c2ccc(Nc3ncc4c(n3)-c3ccc(Cl)cc3C(c3c(F)cccc3F)=NC4)cc2)CC(C)N1. The molecule has 0 aliphatic carbocycles. The van der Waals surface area contributed by atoms with E-state index in [4.69, 9.17) is 22.0 Å². The first-order valence-electron chi connectivity index (χ1n) is 14.5. The number of rotatable bonds is 4. The molecule has 6 rings (SSSR count). The number of carbonyl (C=O) groups excluding carboxylic acids is 1. The van der Waals surface area contributed by atoms with Crippen LogP contribution < -0.4 is 10.6 Å². The molecule has 0 bridgehead atoms. The maximum Gasteiger partial charge on any atom is 0.260 e. The van der Waals surface area contributed by atoms with Crippen molar-refractivity contribution in [3.05, 3.63) is 106 Å². The summed E-state index contributed by atoms with van der Waals surface area (Å²) in [6.07, 6.45) is 1.63. The van der Waals surface area contributed by atoms with Gasteiger partial charge in [0.2, 0.25) is 11.9 Å². The normalized spacial score (nSPS) is 17.5. The number of benzene rings is 3. The monoisotopic (exact) mass is 628 g/mol. The number of carbonyl (C=O) groups is 1. The number of amides is 1. The van der Waals surface area contributed by atoms with Crippen LogP contribution in [0.15, 0.2) is 71.9 Å². The van der Waals surface area contributed by atoms with E-state index in [9.17, 15) is 13.6 Å². The topological polar surface area (TPSA) is 110 Å². The Morgan fingerprint density at radius 3 is 2.42 bits per heavy atom. The van der Waals surface area contributed by atoms with Crippen molar-refractivity contribution in [3.8, 4) is 11.3 Å². The van der Waals surface area contributed by atoms with Crippen LogP contribution in [0.2, 0.25) is 5.02 Å². The Morgan fingerprint density at radius 1 is 1.04 bits per heavy atom. The summed E-state index contributed by atoms with van der Waals surface area (Å²) in [5.74, 6) is -1.29. The number of piperazine rings is 1. The molecule has 230 valence electrons. The molecular formula is C33H31ClF2N8O. The van der Waals surface area contributed by atoms with Gasteiger partial charge in [0, 0.05) is 71.4 Å². The first-order chi connectivity index (χ1) is 21.6. The van der Waals surface area contributed by atoms with Crippen molar-refractivity contribution >= 4 is 40.8 Å². The zero-order valence-corrected chi connectivity index (χ0v) is 25.7. The standard InChI is InChI=1S/C33H31ClF2N8O/c1-18-16-44(17-19(2)40-18)32(37)43(3)31(45)20-7-10-23(11-8-20)41-33-39-15-21-14-38-30(28-26(35)5-4-6-27(28)36)25-13-22(34)9-12-24(25)29(21)42-33/h4-13,15,18-19,37,40H,14,16-17H2,1-3H3,(H,39,41,42). The molecule has 3 heterocycles. The van der Waals surface area contributed by atoms with Gasteiger partial charge in [-0.1, -0.05) is 23.7 Å². The molecule has 0 saturated carbocycles. The van der Waals surface area contributed by atoms with Crippen molar-refractivity contribution in [2.24, 2.45) is 4.99 Å². The molecular weight excluding hydrogens is 598 g/mol. The Bertz CT molecular complexity index is 1800. The summed E-state index contributed by atoms with van der Waals surface area (Å²) in [7, 11) is 1.61. The van der Waals surface area contributed by atoms with E-state index in [1.807, 2.05) is 4.90 Å². The molecule has 1 fully saturated rings. The van der Waals surface area contributed by atoms with E-state index in [0.29, 0.717) is 51.7 Å². The third-order valence-corrected chi connectivity index (χ3v) is 8.07. The number of nitrogens with one attached hydrogen (secondary N) is 3. The Morgan fingerprint density at radius 2 is 1.73 bits per heavy atom. The highest BCUT2D eigenvalue weighted by Crippen LogP contribution is 2.34. The largest absolute Gasteiger partial charge is 0.340 e. The lowest BCUT2D eigenvalue weighted by Gasteiger charge is -2.39. The van der Waals surface area contributed by atoms with Crippen LogP contribution in [0.4, 0.5) is 20.4 Å². The average Bonchev–Trinajstić information content (AvgIpc) is 3.16. The van der Waals surface area contributed by atoms with Gasteiger partial charge in [0.25, 0.3) is 5.91 Å². The number of hydrogen-bond donors (Lipinski definition) is 3. The van der Waals surface area contributed by atoms with Crippen LogP contribution in [-0.2, 0) is 6.54 Å². The highest BCUT2D eigenvalue weighted by atomic mass is 35.5. The van der Waals surface area contributed by atoms with E-state index < -0.39 is 11.6 Å². The van der Waals surface area contributed by atoms with Crippen LogP contribution >= 0.6 is 11.6 Å². The number of guanidine groups is 1.